The molecule has 0 saturated carbocycles. The predicted molar refractivity (Wildman–Crippen MR) is 73.7 cm³/mol. The molecular weight excluding hydrogens is 281 g/mol. The Morgan fingerprint density at radius 1 is 1.19 bits per heavy atom. The summed E-state index contributed by atoms with van der Waals surface area (Å²) in [5.74, 6) is 0.349. The van der Waals surface area contributed by atoms with Crippen molar-refractivity contribution in [2.75, 3.05) is 19.6 Å². The fourth-order valence-electron chi connectivity index (χ4n) is 2.64. The maximum Gasteiger partial charge on any atom is 0.416 e. The first-order chi connectivity index (χ1) is 9.91. The number of nitrogens with zero attached hydrogens (tertiary/aromatic N) is 1. The van der Waals surface area contributed by atoms with Gasteiger partial charge in [-0.1, -0.05) is 0 Å². The third-order valence-corrected chi connectivity index (χ3v) is 3.94. The highest BCUT2D eigenvalue weighted by Crippen LogP contribution is 2.29. The molecule has 1 heterocycles. The Kier molecular flexibility index (Phi) is 4.88. The van der Waals surface area contributed by atoms with E-state index in [2.05, 4.69) is 0 Å². The molecule has 2 rings (SSSR count). The summed E-state index contributed by atoms with van der Waals surface area (Å²) in [6, 6.07) is 4.40. The van der Waals surface area contributed by atoms with Crippen molar-refractivity contribution < 1.29 is 18.0 Å². The van der Waals surface area contributed by atoms with E-state index in [1.165, 1.54) is 12.1 Å². The number of hydrogen-bond acceptors (Lipinski definition) is 2. The number of likely N-dealkylation sites (tertiary alicyclic amines) is 1. The number of rotatable bonds is 3. The number of benzene rings is 1. The lowest BCUT2D eigenvalue weighted by Crippen LogP contribution is -2.38. The topological polar surface area (TPSA) is 46.3 Å². The van der Waals surface area contributed by atoms with E-state index in [1.54, 1.807) is 4.90 Å². The number of carbonyl (C=O) groups excluding carboxylic acids is 1. The Morgan fingerprint density at radius 3 is 2.24 bits per heavy atom. The molecule has 0 bridgehead atoms. The molecule has 0 atom stereocenters. The number of piperidine rings is 1. The first kappa shape index (κ1) is 15.8. The second-order valence-electron chi connectivity index (χ2n) is 5.39. The van der Waals surface area contributed by atoms with Crippen molar-refractivity contribution in [3.63, 3.8) is 0 Å². The Morgan fingerprint density at radius 2 is 1.76 bits per heavy atom. The van der Waals surface area contributed by atoms with Crippen molar-refractivity contribution in [1.82, 2.24) is 4.90 Å². The number of amides is 1. The summed E-state index contributed by atoms with van der Waals surface area (Å²) >= 11 is 0. The zero-order valence-corrected chi connectivity index (χ0v) is 11.7. The Balaban J connectivity index is 1.98. The van der Waals surface area contributed by atoms with Gasteiger partial charge in [-0.3, -0.25) is 4.79 Å². The van der Waals surface area contributed by atoms with E-state index in [9.17, 15) is 18.0 Å². The molecule has 3 nitrogen and oxygen atoms in total. The van der Waals surface area contributed by atoms with Gasteiger partial charge in [0.1, 0.15) is 0 Å². The van der Waals surface area contributed by atoms with Gasteiger partial charge in [0.2, 0.25) is 0 Å². The smallest absolute Gasteiger partial charge is 0.339 e. The summed E-state index contributed by atoms with van der Waals surface area (Å²) in [6.45, 7) is 1.94. The number of nitrogens with two attached hydrogens (primary N) is 1. The summed E-state index contributed by atoms with van der Waals surface area (Å²) in [5, 5.41) is 0. The van der Waals surface area contributed by atoms with Gasteiger partial charge in [0, 0.05) is 18.7 Å². The summed E-state index contributed by atoms with van der Waals surface area (Å²) in [4.78, 5) is 13.9. The lowest BCUT2D eigenvalue weighted by molar-refractivity contribution is -0.137. The maximum absolute atomic E-state index is 12.5. The average Bonchev–Trinajstić information content (AvgIpc) is 2.47. The molecule has 1 fully saturated rings. The van der Waals surface area contributed by atoms with Crippen LogP contribution < -0.4 is 5.73 Å². The molecular formula is C15H19F3N2O. The van der Waals surface area contributed by atoms with Crippen LogP contribution in [-0.4, -0.2) is 30.4 Å². The van der Waals surface area contributed by atoms with Crippen LogP contribution in [0.1, 0.15) is 35.2 Å². The molecule has 0 aromatic heterocycles. The standard InChI is InChI=1S/C15H19F3N2O/c16-15(17,18)13-3-1-12(2-4-13)14(21)20-9-6-11(5-8-19)7-10-20/h1-4,11H,5-10,19H2. The van der Waals surface area contributed by atoms with Crippen molar-refractivity contribution in [2.24, 2.45) is 11.7 Å². The fourth-order valence-corrected chi connectivity index (χ4v) is 2.64. The lowest BCUT2D eigenvalue weighted by Gasteiger charge is -2.32. The zero-order chi connectivity index (χ0) is 15.5. The van der Waals surface area contributed by atoms with E-state index in [4.69, 9.17) is 5.73 Å². The van der Waals surface area contributed by atoms with Gasteiger partial charge >= 0.3 is 6.18 Å². The van der Waals surface area contributed by atoms with Gasteiger partial charge in [-0.05, 0) is 56.0 Å². The largest absolute Gasteiger partial charge is 0.416 e. The van der Waals surface area contributed by atoms with E-state index in [0.29, 0.717) is 31.1 Å². The van der Waals surface area contributed by atoms with E-state index in [0.717, 1.165) is 31.4 Å². The summed E-state index contributed by atoms with van der Waals surface area (Å²) in [7, 11) is 0. The van der Waals surface area contributed by atoms with Crippen LogP contribution in [0.3, 0.4) is 0 Å². The SMILES string of the molecule is NCCC1CCN(C(=O)c2ccc(C(F)(F)F)cc2)CC1. The van der Waals surface area contributed by atoms with E-state index in [-0.39, 0.29) is 5.91 Å². The zero-order valence-electron chi connectivity index (χ0n) is 11.7. The molecule has 116 valence electrons. The number of halogens is 3. The molecule has 6 heteroatoms. The molecule has 1 saturated heterocycles. The molecule has 2 N–H and O–H groups in total. The van der Waals surface area contributed by atoms with Crippen molar-refractivity contribution in [3.05, 3.63) is 35.4 Å². The summed E-state index contributed by atoms with van der Waals surface area (Å²) in [5.41, 5.74) is 5.09. The summed E-state index contributed by atoms with van der Waals surface area (Å²) in [6.07, 6.45) is -1.60. The molecule has 21 heavy (non-hydrogen) atoms. The third-order valence-electron chi connectivity index (χ3n) is 3.94. The van der Waals surface area contributed by atoms with Crippen LogP contribution in [0.2, 0.25) is 0 Å². The lowest BCUT2D eigenvalue weighted by atomic mass is 9.93. The number of alkyl halides is 3. The molecule has 1 amide bonds. The van der Waals surface area contributed by atoms with Crippen LogP contribution in [0.15, 0.2) is 24.3 Å². The average molecular weight is 300 g/mol. The first-order valence-corrected chi connectivity index (χ1v) is 7.08. The Hall–Kier alpha value is -1.56. The molecule has 0 radical (unpaired) electrons. The fraction of sp³-hybridized carbons (Fsp3) is 0.533. The highest BCUT2D eigenvalue weighted by Gasteiger charge is 2.30. The molecule has 0 spiro atoms. The first-order valence-electron chi connectivity index (χ1n) is 7.08. The molecule has 1 aliphatic heterocycles. The van der Waals surface area contributed by atoms with Gasteiger partial charge in [0.15, 0.2) is 0 Å². The number of hydrogen-bond donors (Lipinski definition) is 1. The molecule has 0 aliphatic carbocycles. The van der Waals surface area contributed by atoms with E-state index >= 15 is 0 Å². The minimum Gasteiger partial charge on any atom is -0.339 e. The Bertz CT molecular complexity index is 477. The monoisotopic (exact) mass is 300 g/mol. The van der Waals surface area contributed by atoms with E-state index < -0.39 is 11.7 Å². The third kappa shape index (κ3) is 3.97. The quantitative estimate of drug-likeness (QED) is 0.933. The van der Waals surface area contributed by atoms with Crippen LogP contribution in [-0.2, 0) is 6.18 Å². The van der Waals surface area contributed by atoms with Gasteiger partial charge < -0.3 is 10.6 Å². The summed E-state index contributed by atoms with van der Waals surface area (Å²) < 4.78 is 37.5. The number of carbonyl (C=O) groups is 1. The van der Waals surface area contributed by atoms with Gasteiger partial charge in [0.05, 0.1) is 5.56 Å². The normalized spacial score (nSPS) is 17.0. The minimum atomic E-state index is -4.37. The van der Waals surface area contributed by atoms with Crippen LogP contribution in [0.5, 0.6) is 0 Å². The van der Waals surface area contributed by atoms with Crippen LogP contribution in [0.4, 0.5) is 13.2 Å². The second kappa shape index (κ2) is 6.47. The van der Waals surface area contributed by atoms with Crippen molar-refractivity contribution in [1.29, 1.82) is 0 Å². The molecule has 0 unspecified atom stereocenters. The van der Waals surface area contributed by atoms with E-state index in [1.807, 2.05) is 0 Å². The van der Waals surface area contributed by atoms with Crippen molar-refractivity contribution in [2.45, 2.75) is 25.4 Å². The van der Waals surface area contributed by atoms with Gasteiger partial charge in [0.25, 0.3) is 5.91 Å². The maximum atomic E-state index is 12.5. The highest BCUT2D eigenvalue weighted by molar-refractivity contribution is 5.94. The van der Waals surface area contributed by atoms with Crippen LogP contribution in [0.25, 0.3) is 0 Å². The predicted octanol–water partition coefficient (Wildman–Crippen LogP) is 2.91. The Labute approximate surface area is 121 Å². The molecule has 1 aliphatic rings. The van der Waals surface area contributed by atoms with Gasteiger partial charge in [-0.2, -0.15) is 13.2 Å². The highest BCUT2D eigenvalue weighted by atomic mass is 19.4. The minimum absolute atomic E-state index is 0.199. The second-order valence-corrected chi connectivity index (χ2v) is 5.39. The van der Waals surface area contributed by atoms with Crippen molar-refractivity contribution >= 4 is 5.91 Å². The van der Waals surface area contributed by atoms with Gasteiger partial charge in [-0.25, -0.2) is 0 Å². The molecule has 1 aromatic carbocycles. The molecule has 1 aromatic rings. The van der Waals surface area contributed by atoms with Crippen LogP contribution >= 0.6 is 0 Å². The van der Waals surface area contributed by atoms with Crippen molar-refractivity contribution in [3.8, 4) is 0 Å². The van der Waals surface area contributed by atoms with Gasteiger partial charge in [-0.15, -0.1) is 0 Å². The van der Waals surface area contributed by atoms with Crippen LogP contribution in [0, 0.1) is 5.92 Å².